The predicted molar refractivity (Wildman–Crippen MR) is 66.2 cm³/mol. The average Bonchev–Trinajstić information content (AvgIpc) is 2.52. The lowest BCUT2D eigenvalue weighted by atomic mass is 10.1. The van der Waals surface area contributed by atoms with Crippen LogP contribution in [-0.2, 0) is 13.5 Å². The van der Waals surface area contributed by atoms with Crippen molar-refractivity contribution in [3.05, 3.63) is 33.2 Å². The maximum absolute atomic E-state index is 11.5. The highest BCUT2D eigenvalue weighted by atomic mass is 35.5. The van der Waals surface area contributed by atoms with Crippen LogP contribution in [0, 0.1) is 0 Å². The first-order valence-corrected chi connectivity index (χ1v) is 5.53. The van der Waals surface area contributed by atoms with E-state index in [1.807, 2.05) is 19.2 Å². The van der Waals surface area contributed by atoms with Crippen LogP contribution in [0.3, 0.4) is 0 Å². The van der Waals surface area contributed by atoms with E-state index in [0.717, 1.165) is 29.6 Å². The number of hydrogen-bond donors (Lipinski definition) is 2. The molecule has 2 N–H and O–H groups in total. The van der Waals surface area contributed by atoms with Crippen molar-refractivity contribution in [2.75, 3.05) is 13.6 Å². The van der Waals surface area contributed by atoms with Crippen LogP contribution < -0.4 is 11.0 Å². The quantitative estimate of drug-likeness (QED) is 0.848. The molecule has 1 aromatic heterocycles. The van der Waals surface area contributed by atoms with E-state index in [9.17, 15) is 4.79 Å². The number of nitrogens with zero attached hydrogens (tertiary/aromatic N) is 1. The number of nitrogens with one attached hydrogen (secondary N) is 2. The van der Waals surface area contributed by atoms with Crippen molar-refractivity contribution in [3.8, 4) is 0 Å². The van der Waals surface area contributed by atoms with Gasteiger partial charge in [-0.15, -0.1) is 0 Å². The van der Waals surface area contributed by atoms with Gasteiger partial charge < -0.3 is 10.3 Å². The molecule has 5 heteroatoms. The molecule has 16 heavy (non-hydrogen) atoms. The molecule has 0 atom stereocenters. The Balaban J connectivity index is 2.55. The van der Waals surface area contributed by atoms with Gasteiger partial charge in [0.2, 0.25) is 0 Å². The number of benzene rings is 1. The molecule has 4 nitrogen and oxygen atoms in total. The molecule has 1 aromatic carbocycles. The molecular formula is C11H14ClN3O. The van der Waals surface area contributed by atoms with Crippen LogP contribution in [0.2, 0.25) is 5.02 Å². The number of imidazole rings is 1. The minimum atomic E-state index is -0.136. The Morgan fingerprint density at radius 2 is 2.25 bits per heavy atom. The van der Waals surface area contributed by atoms with Gasteiger partial charge in [0.15, 0.2) is 0 Å². The second-order valence-corrected chi connectivity index (χ2v) is 4.22. The molecule has 0 saturated carbocycles. The lowest BCUT2D eigenvalue weighted by Gasteiger charge is -2.03. The number of aryl methyl sites for hydroxylation is 1. The molecule has 0 bridgehead atoms. The standard InChI is InChI=1S/C11H14ClN3O/c1-13-4-3-7-5-8(12)10-9(6-7)14-11(16)15(10)2/h5-6,13H,3-4H2,1-2H3,(H,14,16). The fraction of sp³-hybridized carbons (Fsp3) is 0.364. The fourth-order valence-electron chi connectivity index (χ4n) is 1.81. The van der Waals surface area contributed by atoms with Crippen molar-refractivity contribution in [3.63, 3.8) is 0 Å². The summed E-state index contributed by atoms with van der Waals surface area (Å²) in [6, 6.07) is 3.88. The number of hydrogen-bond acceptors (Lipinski definition) is 2. The predicted octanol–water partition coefficient (Wildman–Crippen LogP) is 1.28. The zero-order valence-corrected chi connectivity index (χ0v) is 10.1. The summed E-state index contributed by atoms with van der Waals surface area (Å²) in [5.41, 5.74) is 2.54. The van der Waals surface area contributed by atoms with Crippen LogP contribution in [0.15, 0.2) is 16.9 Å². The molecule has 0 aliphatic heterocycles. The minimum absolute atomic E-state index is 0.136. The van der Waals surface area contributed by atoms with Crippen LogP contribution >= 0.6 is 11.6 Å². The molecule has 86 valence electrons. The average molecular weight is 240 g/mol. The first-order valence-electron chi connectivity index (χ1n) is 5.15. The van der Waals surface area contributed by atoms with Crippen molar-refractivity contribution in [2.45, 2.75) is 6.42 Å². The molecule has 0 aliphatic rings. The van der Waals surface area contributed by atoms with Gasteiger partial charge in [-0.25, -0.2) is 4.79 Å². The number of rotatable bonds is 3. The Kier molecular flexibility index (Phi) is 3.03. The smallest absolute Gasteiger partial charge is 0.319 e. The van der Waals surface area contributed by atoms with Gasteiger partial charge in [-0.1, -0.05) is 11.6 Å². The molecule has 0 saturated heterocycles. The van der Waals surface area contributed by atoms with Crippen molar-refractivity contribution in [1.29, 1.82) is 0 Å². The zero-order valence-electron chi connectivity index (χ0n) is 9.30. The zero-order chi connectivity index (χ0) is 11.7. The summed E-state index contributed by atoms with van der Waals surface area (Å²) in [6.45, 7) is 0.888. The SMILES string of the molecule is CNCCc1cc(Cl)c2c(c1)[nH]c(=O)n2C. The second-order valence-electron chi connectivity index (χ2n) is 3.82. The van der Waals surface area contributed by atoms with E-state index in [-0.39, 0.29) is 5.69 Å². The van der Waals surface area contributed by atoms with Gasteiger partial charge in [0.1, 0.15) is 0 Å². The number of fused-ring (bicyclic) bond motifs is 1. The molecule has 2 rings (SSSR count). The van der Waals surface area contributed by atoms with Crippen LogP contribution in [0.4, 0.5) is 0 Å². The number of aromatic nitrogens is 2. The maximum Gasteiger partial charge on any atom is 0.326 e. The molecule has 0 aliphatic carbocycles. The minimum Gasteiger partial charge on any atom is -0.319 e. The maximum atomic E-state index is 11.5. The highest BCUT2D eigenvalue weighted by molar-refractivity contribution is 6.35. The van der Waals surface area contributed by atoms with E-state index in [0.29, 0.717) is 5.02 Å². The van der Waals surface area contributed by atoms with E-state index in [1.165, 1.54) is 4.57 Å². The van der Waals surface area contributed by atoms with E-state index in [4.69, 9.17) is 11.6 Å². The molecule has 2 aromatic rings. The van der Waals surface area contributed by atoms with Crippen molar-refractivity contribution < 1.29 is 0 Å². The Hall–Kier alpha value is -1.26. The van der Waals surface area contributed by atoms with Crippen molar-refractivity contribution in [2.24, 2.45) is 7.05 Å². The molecule has 0 radical (unpaired) electrons. The Morgan fingerprint density at radius 3 is 2.94 bits per heavy atom. The summed E-state index contributed by atoms with van der Waals surface area (Å²) in [7, 11) is 3.62. The van der Waals surface area contributed by atoms with Crippen molar-refractivity contribution in [1.82, 2.24) is 14.9 Å². The van der Waals surface area contributed by atoms with E-state index < -0.39 is 0 Å². The lowest BCUT2D eigenvalue weighted by Crippen LogP contribution is -2.11. The summed E-state index contributed by atoms with van der Waals surface area (Å²) >= 11 is 6.16. The van der Waals surface area contributed by atoms with Gasteiger partial charge >= 0.3 is 5.69 Å². The number of halogens is 1. The fourth-order valence-corrected chi connectivity index (χ4v) is 2.17. The number of H-pyrrole nitrogens is 1. The van der Waals surface area contributed by atoms with E-state index >= 15 is 0 Å². The van der Waals surface area contributed by atoms with Gasteiger partial charge in [-0.3, -0.25) is 4.57 Å². The number of likely N-dealkylation sites (N-methyl/N-ethyl adjacent to an activating group) is 1. The Bertz CT molecular complexity index is 570. The Labute approximate surface area is 98.2 Å². The highest BCUT2D eigenvalue weighted by Crippen LogP contribution is 2.23. The molecule has 0 fully saturated rings. The van der Waals surface area contributed by atoms with E-state index in [1.54, 1.807) is 7.05 Å². The van der Waals surface area contributed by atoms with Gasteiger partial charge in [0.05, 0.1) is 16.1 Å². The molecule has 0 spiro atoms. The third-order valence-corrected chi connectivity index (χ3v) is 2.96. The molecule has 1 heterocycles. The summed E-state index contributed by atoms with van der Waals surface area (Å²) in [5.74, 6) is 0. The van der Waals surface area contributed by atoms with Crippen LogP contribution in [0.25, 0.3) is 11.0 Å². The van der Waals surface area contributed by atoms with Gasteiger partial charge in [-0.05, 0) is 37.7 Å². The van der Waals surface area contributed by atoms with Crippen LogP contribution in [0.1, 0.15) is 5.56 Å². The van der Waals surface area contributed by atoms with Crippen molar-refractivity contribution >= 4 is 22.6 Å². The highest BCUT2D eigenvalue weighted by Gasteiger charge is 2.08. The third-order valence-electron chi connectivity index (χ3n) is 2.67. The summed E-state index contributed by atoms with van der Waals surface area (Å²) in [6.07, 6.45) is 0.892. The second kappa shape index (κ2) is 4.31. The summed E-state index contributed by atoms with van der Waals surface area (Å²) in [5, 5.41) is 3.70. The monoisotopic (exact) mass is 239 g/mol. The Morgan fingerprint density at radius 1 is 1.50 bits per heavy atom. The topological polar surface area (TPSA) is 49.8 Å². The van der Waals surface area contributed by atoms with Crippen LogP contribution in [0.5, 0.6) is 0 Å². The van der Waals surface area contributed by atoms with Crippen LogP contribution in [-0.4, -0.2) is 23.1 Å². The summed E-state index contributed by atoms with van der Waals surface area (Å²) < 4.78 is 1.53. The van der Waals surface area contributed by atoms with E-state index in [2.05, 4.69) is 10.3 Å². The molecule has 0 amide bonds. The third kappa shape index (κ3) is 1.86. The lowest BCUT2D eigenvalue weighted by molar-refractivity contribution is 0.792. The summed E-state index contributed by atoms with van der Waals surface area (Å²) in [4.78, 5) is 14.2. The normalized spacial score (nSPS) is 11.2. The van der Waals surface area contributed by atoms with Gasteiger partial charge in [-0.2, -0.15) is 0 Å². The first-order chi connectivity index (χ1) is 7.63. The first kappa shape index (κ1) is 11.2. The number of aromatic amines is 1. The molecular weight excluding hydrogens is 226 g/mol. The molecule has 0 unspecified atom stereocenters. The van der Waals surface area contributed by atoms with Gasteiger partial charge in [0.25, 0.3) is 0 Å². The largest absolute Gasteiger partial charge is 0.326 e. The van der Waals surface area contributed by atoms with Gasteiger partial charge in [0, 0.05) is 7.05 Å².